The summed E-state index contributed by atoms with van der Waals surface area (Å²) in [6.45, 7) is 1.45. The van der Waals surface area contributed by atoms with Gasteiger partial charge in [0.1, 0.15) is 23.9 Å². The third-order valence-corrected chi connectivity index (χ3v) is 5.26. The van der Waals surface area contributed by atoms with Gasteiger partial charge in [0.2, 0.25) is 5.91 Å². The lowest BCUT2D eigenvalue weighted by molar-refractivity contribution is -0.127. The lowest BCUT2D eigenvalue weighted by Gasteiger charge is -2.32. The first-order valence-electron chi connectivity index (χ1n) is 10.2. The molecule has 0 spiro atoms. The highest BCUT2D eigenvalue weighted by Crippen LogP contribution is 2.23. The number of carbonyl (C=O) groups is 1. The largest absolute Gasteiger partial charge is 0.497 e. The van der Waals surface area contributed by atoms with Gasteiger partial charge in [0.05, 0.1) is 7.11 Å². The Bertz CT molecular complexity index is 945. The van der Waals surface area contributed by atoms with Crippen LogP contribution in [0.1, 0.15) is 16.7 Å². The predicted octanol–water partition coefficient (Wildman–Crippen LogP) is 2.61. The van der Waals surface area contributed by atoms with Gasteiger partial charge in [-0.2, -0.15) is 0 Å². The summed E-state index contributed by atoms with van der Waals surface area (Å²) >= 11 is 0. The van der Waals surface area contributed by atoms with E-state index in [0.717, 1.165) is 23.8 Å². The van der Waals surface area contributed by atoms with Crippen molar-refractivity contribution in [2.75, 3.05) is 40.8 Å². The molecule has 1 heterocycles. The molecule has 0 fully saturated rings. The molecular weight excluding hydrogens is 402 g/mol. The molecule has 1 amide bonds. The van der Waals surface area contributed by atoms with Crippen molar-refractivity contribution in [3.8, 4) is 5.75 Å². The van der Waals surface area contributed by atoms with Gasteiger partial charge in [0, 0.05) is 39.8 Å². The number of hydrogen-bond acceptors (Lipinski definition) is 3. The molecule has 1 aliphatic heterocycles. The second kappa shape index (κ2) is 10.2. The third kappa shape index (κ3) is 5.93. The molecule has 2 aromatic rings. The number of fused-ring (bicyclic) bond motifs is 1. The van der Waals surface area contributed by atoms with E-state index in [1.54, 1.807) is 21.2 Å². The fourth-order valence-electron chi connectivity index (χ4n) is 3.45. The first kappa shape index (κ1) is 22.5. The predicted molar refractivity (Wildman–Crippen MR) is 116 cm³/mol. The van der Waals surface area contributed by atoms with Crippen LogP contribution in [-0.4, -0.2) is 62.5 Å². The Hall–Kier alpha value is -3.16. The van der Waals surface area contributed by atoms with Crippen molar-refractivity contribution in [3.05, 3.63) is 64.7 Å². The molecule has 0 saturated carbocycles. The van der Waals surface area contributed by atoms with Gasteiger partial charge < -0.3 is 19.9 Å². The minimum atomic E-state index is -0.591. The average molecular weight is 430 g/mol. The Labute approximate surface area is 181 Å². The summed E-state index contributed by atoms with van der Waals surface area (Å²) in [4.78, 5) is 19.9. The van der Waals surface area contributed by atoms with E-state index >= 15 is 0 Å². The van der Waals surface area contributed by atoms with Crippen LogP contribution in [0.15, 0.2) is 41.4 Å². The van der Waals surface area contributed by atoms with E-state index in [2.05, 4.69) is 10.3 Å². The fourth-order valence-corrected chi connectivity index (χ4v) is 3.45. The van der Waals surface area contributed by atoms with Crippen LogP contribution in [0.25, 0.3) is 0 Å². The molecule has 0 saturated heterocycles. The molecule has 1 aliphatic rings. The molecule has 3 rings (SSSR count). The number of guanidine groups is 1. The number of rotatable bonds is 6. The molecule has 8 heteroatoms. The normalized spacial score (nSPS) is 13.6. The fraction of sp³-hybridized carbons (Fsp3) is 0.391. The van der Waals surface area contributed by atoms with Crippen LogP contribution < -0.4 is 10.1 Å². The second-order valence-electron chi connectivity index (χ2n) is 7.65. The standard InChI is InChI=1S/C23H28F2N4O2/c1-28(2)22(30)14-27-23(26-10-8-16-4-6-19(31-3)7-5-16)29-11-9-20-17(15-29)12-18(24)13-21(20)25/h4-7,12-13H,8-11,14-15H2,1-3H3,(H,26,27). The summed E-state index contributed by atoms with van der Waals surface area (Å²) < 4.78 is 33.0. The molecule has 166 valence electrons. The van der Waals surface area contributed by atoms with E-state index in [0.29, 0.717) is 43.1 Å². The monoisotopic (exact) mass is 430 g/mol. The number of aliphatic imine (C=N–C) groups is 1. The zero-order valence-electron chi connectivity index (χ0n) is 18.1. The van der Waals surface area contributed by atoms with Gasteiger partial charge in [-0.05, 0) is 47.7 Å². The summed E-state index contributed by atoms with van der Waals surface area (Å²) in [6, 6.07) is 10.1. The maximum Gasteiger partial charge on any atom is 0.243 e. The Balaban J connectivity index is 1.71. The number of benzene rings is 2. The zero-order valence-corrected chi connectivity index (χ0v) is 18.1. The lowest BCUT2D eigenvalue weighted by Crippen LogP contribution is -2.45. The van der Waals surface area contributed by atoms with Crippen LogP contribution in [0.2, 0.25) is 0 Å². The van der Waals surface area contributed by atoms with Crippen molar-refractivity contribution in [2.45, 2.75) is 19.4 Å². The molecule has 31 heavy (non-hydrogen) atoms. The van der Waals surface area contributed by atoms with Crippen LogP contribution in [-0.2, 0) is 24.2 Å². The molecule has 0 bridgehead atoms. The Morgan fingerprint density at radius 1 is 1.23 bits per heavy atom. The second-order valence-corrected chi connectivity index (χ2v) is 7.65. The quantitative estimate of drug-likeness (QED) is 0.566. The highest BCUT2D eigenvalue weighted by Gasteiger charge is 2.23. The van der Waals surface area contributed by atoms with Crippen molar-refractivity contribution in [1.29, 1.82) is 0 Å². The molecular formula is C23H28F2N4O2. The number of likely N-dealkylation sites (N-methyl/N-ethyl adjacent to an activating group) is 1. The van der Waals surface area contributed by atoms with Crippen LogP contribution >= 0.6 is 0 Å². The van der Waals surface area contributed by atoms with Crippen LogP contribution in [0.5, 0.6) is 5.75 Å². The van der Waals surface area contributed by atoms with Crippen LogP contribution in [0, 0.1) is 11.6 Å². The summed E-state index contributed by atoms with van der Waals surface area (Å²) in [5.74, 6) is 0.130. The molecule has 0 aliphatic carbocycles. The van der Waals surface area contributed by atoms with Gasteiger partial charge in [-0.25, -0.2) is 13.8 Å². The van der Waals surface area contributed by atoms with Gasteiger partial charge in [-0.1, -0.05) is 12.1 Å². The van der Waals surface area contributed by atoms with Crippen molar-refractivity contribution in [1.82, 2.24) is 15.1 Å². The molecule has 0 atom stereocenters. The van der Waals surface area contributed by atoms with Gasteiger partial charge >= 0.3 is 0 Å². The number of halogens is 2. The summed E-state index contributed by atoms with van der Waals surface area (Å²) in [7, 11) is 4.98. The summed E-state index contributed by atoms with van der Waals surface area (Å²) in [5, 5.41) is 3.31. The van der Waals surface area contributed by atoms with Crippen molar-refractivity contribution in [3.63, 3.8) is 0 Å². The van der Waals surface area contributed by atoms with E-state index in [4.69, 9.17) is 4.74 Å². The minimum Gasteiger partial charge on any atom is -0.497 e. The number of methoxy groups -OCH3 is 1. The Morgan fingerprint density at radius 3 is 2.65 bits per heavy atom. The minimum absolute atomic E-state index is 0.00125. The highest BCUT2D eigenvalue weighted by molar-refractivity contribution is 5.85. The van der Waals surface area contributed by atoms with Gasteiger partial charge in [-0.3, -0.25) is 4.79 Å². The number of amides is 1. The topological polar surface area (TPSA) is 57.2 Å². The van der Waals surface area contributed by atoms with Crippen molar-refractivity contribution >= 4 is 11.9 Å². The maximum absolute atomic E-state index is 14.1. The van der Waals surface area contributed by atoms with E-state index in [1.165, 1.54) is 11.0 Å². The number of ether oxygens (including phenoxy) is 1. The maximum atomic E-state index is 14.1. The first-order valence-corrected chi connectivity index (χ1v) is 10.2. The molecule has 0 aromatic heterocycles. The van der Waals surface area contributed by atoms with Gasteiger partial charge in [-0.15, -0.1) is 0 Å². The Kier molecular flexibility index (Phi) is 7.44. The van der Waals surface area contributed by atoms with Gasteiger partial charge in [0.15, 0.2) is 5.96 Å². The SMILES string of the molecule is COc1ccc(CCNC(=NCC(=O)N(C)C)N2CCc3c(F)cc(F)cc3C2)cc1. The third-order valence-electron chi connectivity index (χ3n) is 5.26. The molecule has 6 nitrogen and oxygen atoms in total. The molecule has 0 unspecified atom stereocenters. The average Bonchev–Trinajstić information content (AvgIpc) is 2.75. The number of nitrogens with one attached hydrogen (secondary N) is 1. The number of carbonyl (C=O) groups excluding carboxylic acids is 1. The lowest BCUT2D eigenvalue weighted by atomic mass is 9.99. The summed E-state index contributed by atoms with van der Waals surface area (Å²) in [6.07, 6.45) is 1.20. The molecule has 1 N–H and O–H groups in total. The summed E-state index contributed by atoms with van der Waals surface area (Å²) in [5.41, 5.74) is 2.28. The van der Waals surface area contributed by atoms with E-state index in [-0.39, 0.29) is 12.5 Å². The molecule has 2 aromatic carbocycles. The van der Waals surface area contributed by atoms with Crippen LogP contribution in [0.4, 0.5) is 8.78 Å². The van der Waals surface area contributed by atoms with Gasteiger partial charge in [0.25, 0.3) is 0 Å². The van der Waals surface area contributed by atoms with Crippen LogP contribution in [0.3, 0.4) is 0 Å². The Morgan fingerprint density at radius 2 is 1.97 bits per heavy atom. The smallest absolute Gasteiger partial charge is 0.243 e. The van der Waals surface area contributed by atoms with Crippen molar-refractivity contribution in [2.24, 2.45) is 4.99 Å². The van der Waals surface area contributed by atoms with E-state index < -0.39 is 11.6 Å². The molecule has 0 radical (unpaired) electrons. The van der Waals surface area contributed by atoms with E-state index in [1.807, 2.05) is 29.2 Å². The van der Waals surface area contributed by atoms with Crippen molar-refractivity contribution < 1.29 is 18.3 Å². The number of nitrogens with zero attached hydrogens (tertiary/aromatic N) is 3. The number of hydrogen-bond donors (Lipinski definition) is 1. The van der Waals surface area contributed by atoms with E-state index in [9.17, 15) is 13.6 Å². The first-order chi connectivity index (χ1) is 14.9. The highest BCUT2D eigenvalue weighted by atomic mass is 19.1. The zero-order chi connectivity index (χ0) is 22.4.